The van der Waals surface area contributed by atoms with E-state index in [2.05, 4.69) is 10.1 Å². The number of rotatable bonds is 6. The molecule has 1 N–H and O–H groups in total. The van der Waals surface area contributed by atoms with Gasteiger partial charge in [-0.05, 0) is 24.6 Å². The molecule has 3 aromatic heterocycles. The van der Waals surface area contributed by atoms with Gasteiger partial charge in [0.05, 0.1) is 12.8 Å². The lowest BCUT2D eigenvalue weighted by molar-refractivity contribution is 0.301. The quantitative estimate of drug-likeness (QED) is 0.421. The van der Waals surface area contributed by atoms with Gasteiger partial charge in [-0.1, -0.05) is 24.0 Å². The number of ether oxygens (including phenoxy) is 1. The summed E-state index contributed by atoms with van der Waals surface area (Å²) in [5.74, 6) is 1.42. The normalized spacial score (nSPS) is 11.6. The number of aromatic nitrogens is 3. The number of nitrogens with one attached hydrogen (secondary N) is 1. The highest BCUT2D eigenvalue weighted by Gasteiger charge is 2.13. The molecule has 0 aliphatic rings. The van der Waals surface area contributed by atoms with Crippen LogP contribution in [0.25, 0.3) is 28.1 Å². The molecule has 3 heterocycles. The second kappa shape index (κ2) is 6.56. The van der Waals surface area contributed by atoms with Crippen LogP contribution in [0.1, 0.15) is 6.42 Å². The van der Waals surface area contributed by atoms with Crippen molar-refractivity contribution < 1.29 is 13.4 Å². The van der Waals surface area contributed by atoms with Crippen LogP contribution in [0, 0.1) is 4.78 Å². The lowest BCUT2D eigenvalue weighted by atomic mass is 10.2. The van der Waals surface area contributed by atoms with Gasteiger partial charge in [0.2, 0.25) is 5.88 Å². The molecule has 0 radical (unpaired) electrons. The van der Waals surface area contributed by atoms with Gasteiger partial charge in [0.1, 0.15) is 11.3 Å². The Morgan fingerprint density at radius 2 is 2.12 bits per heavy atom. The van der Waals surface area contributed by atoms with Gasteiger partial charge in [-0.25, -0.2) is 9.50 Å². The Morgan fingerprint density at radius 1 is 1.24 bits per heavy atom. The zero-order valence-electron chi connectivity index (χ0n) is 13.2. The van der Waals surface area contributed by atoms with Crippen molar-refractivity contribution in [2.24, 2.45) is 0 Å². The van der Waals surface area contributed by atoms with Gasteiger partial charge in [0.25, 0.3) is 0 Å². The van der Waals surface area contributed by atoms with E-state index < -0.39 is 10.6 Å². The van der Waals surface area contributed by atoms with E-state index in [4.69, 9.17) is 13.9 Å². The summed E-state index contributed by atoms with van der Waals surface area (Å²) in [7, 11) is -1.55. The summed E-state index contributed by atoms with van der Waals surface area (Å²) in [5.41, 5.74) is 2.24. The fourth-order valence-electron chi connectivity index (χ4n) is 2.58. The van der Waals surface area contributed by atoms with E-state index >= 15 is 0 Å². The van der Waals surface area contributed by atoms with E-state index in [1.807, 2.05) is 36.4 Å². The van der Waals surface area contributed by atoms with Gasteiger partial charge in [-0.15, -0.1) is 5.10 Å². The molecule has 25 heavy (non-hydrogen) atoms. The minimum Gasteiger partial charge on any atom is -0.477 e. The summed E-state index contributed by atoms with van der Waals surface area (Å²) < 4.78 is 30.9. The van der Waals surface area contributed by atoms with Crippen molar-refractivity contribution in [2.45, 2.75) is 6.42 Å². The number of benzene rings is 1. The monoisotopic (exact) mass is 355 g/mol. The van der Waals surface area contributed by atoms with Crippen LogP contribution in [0.15, 0.2) is 53.1 Å². The molecule has 8 heteroatoms. The van der Waals surface area contributed by atoms with Gasteiger partial charge in [-0.3, -0.25) is 0 Å². The van der Waals surface area contributed by atoms with Crippen LogP contribution in [0.3, 0.4) is 0 Å². The van der Waals surface area contributed by atoms with Crippen molar-refractivity contribution in [1.29, 1.82) is 4.78 Å². The summed E-state index contributed by atoms with van der Waals surface area (Å²) in [6.45, 7) is 0.359. The fraction of sp³-hybridized carbons (Fsp3) is 0.176. The largest absolute Gasteiger partial charge is 0.477 e. The number of hydrogen-bond donors (Lipinski definition) is 1. The van der Waals surface area contributed by atoms with Gasteiger partial charge >= 0.3 is 0 Å². The zero-order chi connectivity index (χ0) is 17.2. The van der Waals surface area contributed by atoms with Crippen molar-refractivity contribution in [1.82, 2.24) is 14.6 Å². The van der Waals surface area contributed by atoms with Crippen LogP contribution in [-0.2, 0) is 14.8 Å². The molecule has 7 nitrogen and oxygen atoms in total. The van der Waals surface area contributed by atoms with Gasteiger partial charge < -0.3 is 18.1 Å². The van der Waals surface area contributed by atoms with Gasteiger partial charge in [0, 0.05) is 11.5 Å². The van der Waals surface area contributed by atoms with E-state index in [0.717, 1.165) is 16.7 Å². The Balaban J connectivity index is 1.64. The van der Waals surface area contributed by atoms with E-state index in [1.165, 1.54) is 0 Å². The highest BCUT2D eigenvalue weighted by molar-refractivity contribution is 7.73. The number of nitrogens with zero attached hydrogens (tertiary/aromatic N) is 3. The van der Waals surface area contributed by atoms with Gasteiger partial charge in [0.15, 0.2) is 11.4 Å². The van der Waals surface area contributed by atoms with Crippen molar-refractivity contribution in [3.8, 4) is 17.3 Å². The van der Waals surface area contributed by atoms with E-state index in [9.17, 15) is 4.21 Å². The maximum absolute atomic E-state index is 10.8. The first-order valence-corrected chi connectivity index (χ1v) is 9.09. The molecular weight excluding hydrogens is 340 g/mol. The molecule has 0 spiro atoms. The molecular formula is C17H15N4O3S-. The predicted molar refractivity (Wildman–Crippen MR) is 93.9 cm³/mol. The average Bonchev–Trinajstić information content (AvgIpc) is 3.21. The summed E-state index contributed by atoms with van der Waals surface area (Å²) in [4.78, 5) is 4.35. The van der Waals surface area contributed by atoms with E-state index in [-0.39, 0.29) is 5.75 Å². The first kappa shape index (κ1) is 15.6. The van der Waals surface area contributed by atoms with Crippen LogP contribution in [0.5, 0.6) is 5.88 Å². The Hall–Kier alpha value is -2.87. The molecule has 0 fully saturated rings. The number of furan rings is 1. The minimum absolute atomic E-state index is 0.289. The van der Waals surface area contributed by atoms with E-state index in [0.29, 0.717) is 30.3 Å². The topological polar surface area (TPSA) is 93.5 Å². The Labute approximate surface area is 145 Å². The highest BCUT2D eigenvalue weighted by atomic mass is 32.2. The smallest absolute Gasteiger partial charge is 0.231 e. The molecule has 0 atom stereocenters. The Kier molecular flexibility index (Phi) is 4.10. The molecule has 0 bridgehead atoms. The van der Waals surface area contributed by atoms with Crippen molar-refractivity contribution in [3.05, 3.63) is 48.7 Å². The van der Waals surface area contributed by atoms with Crippen molar-refractivity contribution in [3.63, 3.8) is 0 Å². The SMILES string of the molecule is N=[S-](=O)CCCOc1ccc2ncc(-c3cc4ccccc4o3)n2n1. The molecule has 0 aliphatic heterocycles. The number of para-hydroxylation sites is 1. The summed E-state index contributed by atoms with van der Waals surface area (Å²) >= 11 is 0. The van der Waals surface area contributed by atoms with Crippen molar-refractivity contribution in [2.75, 3.05) is 12.4 Å². The van der Waals surface area contributed by atoms with Crippen LogP contribution >= 0.6 is 0 Å². The maximum atomic E-state index is 10.8. The number of hydrogen-bond acceptors (Lipinski definition) is 7. The summed E-state index contributed by atoms with van der Waals surface area (Å²) in [5, 5.41) is 5.46. The minimum atomic E-state index is -1.55. The molecule has 128 valence electrons. The Bertz CT molecular complexity index is 1070. The lowest BCUT2D eigenvalue weighted by Gasteiger charge is -2.06. The maximum Gasteiger partial charge on any atom is 0.231 e. The average molecular weight is 355 g/mol. The first-order chi connectivity index (χ1) is 12.2. The van der Waals surface area contributed by atoms with Crippen molar-refractivity contribution >= 4 is 27.2 Å². The van der Waals surface area contributed by atoms with E-state index in [1.54, 1.807) is 16.8 Å². The summed E-state index contributed by atoms with van der Waals surface area (Å²) in [6, 6.07) is 13.3. The van der Waals surface area contributed by atoms with Crippen LogP contribution in [0.4, 0.5) is 0 Å². The first-order valence-electron chi connectivity index (χ1n) is 7.77. The molecule has 4 aromatic rings. The zero-order valence-corrected chi connectivity index (χ0v) is 14.0. The molecule has 0 saturated heterocycles. The second-order valence-electron chi connectivity index (χ2n) is 5.49. The Morgan fingerprint density at radius 3 is 2.96 bits per heavy atom. The molecule has 0 saturated carbocycles. The number of imidazole rings is 1. The third kappa shape index (κ3) is 3.20. The molecule has 4 rings (SSSR count). The van der Waals surface area contributed by atoms with Crippen LogP contribution < -0.4 is 4.74 Å². The third-order valence-electron chi connectivity index (χ3n) is 3.74. The predicted octanol–water partition coefficient (Wildman–Crippen LogP) is 3.64. The fourth-order valence-corrected chi connectivity index (χ4v) is 2.96. The van der Waals surface area contributed by atoms with Gasteiger partial charge in [-0.2, -0.15) is 10.6 Å². The lowest BCUT2D eigenvalue weighted by Crippen LogP contribution is -2.04. The second-order valence-corrected chi connectivity index (χ2v) is 6.58. The summed E-state index contributed by atoms with van der Waals surface area (Å²) in [6.07, 6.45) is 2.25. The molecule has 1 aromatic carbocycles. The molecule has 0 aliphatic carbocycles. The van der Waals surface area contributed by atoms with Crippen LogP contribution in [0.2, 0.25) is 0 Å². The molecule has 0 amide bonds. The highest BCUT2D eigenvalue weighted by Crippen LogP contribution is 2.28. The standard InChI is InChI=1S/C17H15N4O3S/c18-25(22)9-3-8-23-17-7-6-16-19-11-13(21(16)20-17)15-10-12-4-1-2-5-14(12)24-15/h1-2,4-7,10-11,18H,3,8-9H2/q-1. The number of fused-ring (bicyclic) bond motifs is 2. The molecule has 0 unspecified atom stereocenters. The van der Waals surface area contributed by atoms with Crippen LogP contribution in [-0.4, -0.2) is 27.0 Å². The third-order valence-corrected chi connectivity index (χ3v) is 4.40.